The van der Waals surface area contributed by atoms with Gasteiger partial charge in [-0.2, -0.15) is 0 Å². The number of nitrogens with zero attached hydrogens (tertiary/aromatic N) is 2. The van der Waals surface area contributed by atoms with Crippen molar-refractivity contribution in [1.82, 2.24) is 9.88 Å². The molecule has 110 valence electrons. The molecule has 1 aliphatic rings. The van der Waals surface area contributed by atoms with Crippen molar-refractivity contribution in [2.75, 3.05) is 38.7 Å². The van der Waals surface area contributed by atoms with E-state index < -0.39 is 0 Å². The van der Waals surface area contributed by atoms with Gasteiger partial charge in [-0.3, -0.25) is 9.78 Å². The van der Waals surface area contributed by atoms with Crippen LogP contribution in [-0.4, -0.2) is 49.1 Å². The van der Waals surface area contributed by atoms with Crippen molar-refractivity contribution in [1.29, 1.82) is 0 Å². The van der Waals surface area contributed by atoms with E-state index >= 15 is 0 Å². The first-order valence-electron chi connectivity index (χ1n) is 7.24. The molecule has 20 heavy (non-hydrogen) atoms. The number of pyridine rings is 1. The normalized spacial score (nSPS) is 15.9. The third kappa shape index (κ3) is 3.93. The summed E-state index contributed by atoms with van der Waals surface area (Å²) in [5.74, 6) is 0.519. The van der Waals surface area contributed by atoms with Gasteiger partial charge in [0.25, 0.3) is 5.91 Å². The number of hydrogen-bond donors (Lipinski definition) is 1. The molecular weight excluding hydrogens is 254 g/mol. The summed E-state index contributed by atoms with van der Waals surface area (Å²) >= 11 is 0. The molecule has 1 N–H and O–H groups in total. The van der Waals surface area contributed by atoms with Gasteiger partial charge in [0, 0.05) is 45.2 Å². The zero-order chi connectivity index (χ0) is 14.4. The second-order valence-corrected chi connectivity index (χ2v) is 5.20. The predicted molar refractivity (Wildman–Crippen MR) is 78.9 cm³/mol. The fourth-order valence-corrected chi connectivity index (χ4v) is 2.46. The van der Waals surface area contributed by atoms with Crippen LogP contribution in [0.2, 0.25) is 0 Å². The molecule has 0 radical (unpaired) electrons. The fourth-order valence-electron chi connectivity index (χ4n) is 2.46. The highest BCUT2D eigenvalue weighted by molar-refractivity contribution is 5.92. The third-order valence-electron chi connectivity index (χ3n) is 3.58. The average Bonchev–Trinajstić information content (AvgIpc) is 2.48. The third-order valence-corrected chi connectivity index (χ3v) is 3.58. The molecule has 0 aromatic carbocycles. The van der Waals surface area contributed by atoms with Crippen molar-refractivity contribution in [3.63, 3.8) is 0 Å². The molecule has 5 heteroatoms. The number of carbonyl (C=O) groups is 1. The van der Waals surface area contributed by atoms with Crippen LogP contribution in [0.4, 0.5) is 5.69 Å². The Hall–Kier alpha value is -1.62. The van der Waals surface area contributed by atoms with Crippen LogP contribution in [-0.2, 0) is 4.74 Å². The number of ether oxygens (including phenoxy) is 1. The molecule has 0 saturated carbocycles. The molecule has 1 fully saturated rings. The van der Waals surface area contributed by atoms with Crippen molar-refractivity contribution in [3.05, 3.63) is 24.0 Å². The number of hydrogen-bond acceptors (Lipinski definition) is 4. The Morgan fingerprint density at radius 2 is 2.25 bits per heavy atom. The van der Waals surface area contributed by atoms with Gasteiger partial charge in [0.15, 0.2) is 0 Å². The highest BCUT2D eigenvalue weighted by Gasteiger charge is 2.20. The minimum atomic E-state index is -0.0174. The van der Waals surface area contributed by atoms with Crippen LogP contribution in [0.25, 0.3) is 0 Å². The number of aromatic nitrogens is 1. The highest BCUT2D eigenvalue weighted by atomic mass is 16.5. The largest absolute Gasteiger partial charge is 0.385 e. The van der Waals surface area contributed by atoms with Gasteiger partial charge >= 0.3 is 0 Å². The van der Waals surface area contributed by atoms with E-state index in [1.807, 2.05) is 26.1 Å². The quantitative estimate of drug-likeness (QED) is 0.894. The zero-order valence-corrected chi connectivity index (χ0v) is 12.3. The molecule has 1 aromatic rings. The Morgan fingerprint density at radius 1 is 1.50 bits per heavy atom. The van der Waals surface area contributed by atoms with Gasteiger partial charge in [-0.05, 0) is 37.8 Å². The summed E-state index contributed by atoms with van der Waals surface area (Å²) < 4.78 is 5.34. The van der Waals surface area contributed by atoms with Crippen molar-refractivity contribution in [2.24, 2.45) is 5.92 Å². The topological polar surface area (TPSA) is 54.5 Å². The maximum atomic E-state index is 12.4. The second kappa shape index (κ2) is 7.24. The summed E-state index contributed by atoms with van der Waals surface area (Å²) in [7, 11) is 1.85. The maximum Gasteiger partial charge on any atom is 0.272 e. The first-order valence-corrected chi connectivity index (χ1v) is 7.24. The summed E-state index contributed by atoms with van der Waals surface area (Å²) in [5, 5.41) is 3.20. The van der Waals surface area contributed by atoms with E-state index in [1.165, 1.54) is 0 Å². The molecule has 1 saturated heterocycles. The van der Waals surface area contributed by atoms with E-state index in [0.29, 0.717) is 11.6 Å². The lowest BCUT2D eigenvalue weighted by molar-refractivity contribution is 0.0495. The van der Waals surface area contributed by atoms with Gasteiger partial charge in [-0.15, -0.1) is 0 Å². The highest BCUT2D eigenvalue weighted by Crippen LogP contribution is 2.17. The molecular formula is C15H23N3O2. The number of anilines is 1. The van der Waals surface area contributed by atoms with Gasteiger partial charge in [0.05, 0.1) is 0 Å². The van der Waals surface area contributed by atoms with Crippen molar-refractivity contribution >= 4 is 11.6 Å². The van der Waals surface area contributed by atoms with E-state index in [2.05, 4.69) is 10.3 Å². The van der Waals surface area contributed by atoms with Crippen LogP contribution in [0.1, 0.15) is 30.3 Å². The lowest BCUT2D eigenvalue weighted by Crippen LogP contribution is -2.34. The van der Waals surface area contributed by atoms with E-state index in [0.717, 1.165) is 44.8 Å². The van der Waals surface area contributed by atoms with E-state index in [9.17, 15) is 4.79 Å². The van der Waals surface area contributed by atoms with Crippen molar-refractivity contribution in [3.8, 4) is 0 Å². The molecule has 5 nitrogen and oxygen atoms in total. The number of rotatable bonds is 5. The lowest BCUT2D eigenvalue weighted by atomic mass is 10.00. The predicted octanol–water partition coefficient (Wildman–Crippen LogP) is 2.01. The molecule has 0 atom stereocenters. The molecule has 0 spiro atoms. The van der Waals surface area contributed by atoms with Gasteiger partial charge in [0.1, 0.15) is 5.69 Å². The smallest absolute Gasteiger partial charge is 0.272 e. The lowest BCUT2D eigenvalue weighted by Gasteiger charge is -2.27. The molecule has 1 aromatic heterocycles. The summed E-state index contributed by atoms with van der Waals surface area (Å²) in [5.41, 5.74) is 1.43. The Labute approximate surface area is 120 Å². The van der Waals surface area contributed by atoms with Gasteiger partial charge in [-0.25, -0.2) is 0 Å². The minimum absolute atomic E-state index is 0.0174. The second-order valence-electron chi connectivity index (χ2n) is 5.20. The number of amides is 1. The number of nitrogens with one attached hydrogen (secondary N) is 1. The monoisotopic (exact) mass is 277 g/mol. The molecule has 1 amide bonds. The zero-order valence-electron chi connectivity index (χ0n) is 12.3. The molecule has 2 rings (SSSR count). The van der Waals surface area contributed by atoms with Gasteiger partial charge in [0.2, 0.25) is 0 Å². The van der Waals surface area contributed by atoms with Crippen LogP contribution in [0.3, 0.4) is 0 Å². The van der Waals surface area contributed by atoms with Crippen molar-refractivity contribution < 1.29 is 9.53 Å². The van der Waals surface area contributed by atoms with E-state index in [1.54, 1.807) is 11.1 Å². The van der Waals surface area contributed by atoms with E-state index in [4.69, 9.17) is 4.74 Å². The van der Waals surface area contributed by atoms with Crippen molar-refractivity contribution in [2.45, 2.75) is 19.8 Å². The van der Waals surface area contributed by atoms with Gasteiger partial charge < -0.3 is 15.0 Å². The van der Waals surface area contributed by atoms with Crippen LogP contribution < -0.4 is 5.32 Å². The first kappa shape index (κ1) is 14.8. The molecule has 0 aliphatic carbocycles. The van der Waals surface area contributed by atoms with Crippen LogP contribution >= 0.6 is 0 Å². The molecule has 1 aliphatic heterocycles. The SMILES string of the molecule is CCNc1ccnc(C(=O)N(C)CC2CCOCC2)c1. The molecule has 0 bridgehead atoms. The Bertz CT molecular complexity index is 444. The average molecular weight is 277 g/mol. The Kier molecular flexibility index (Phi) is 5.35. The van der Waals surface area contributed by atoms with Crippen LogP contribution in [0.5, 0.6) is 0 Å². The molecule has 0 unspecified atom stereocenters. The Balaban J connectivity index is 1.96. The molecule has 2 heterocycles. The van der Waals surface area contributed by atoms with Gasteiger partial charge in [-0.1, -0.05) is 0 Å². The minimum Gasteiger partial charge on any atom is -0.385 e. The summed E-state index contributed by atoms with van der Waals surface area (Å²) in [6, 6.07) is 3.69. The summed E-state index contributed by atoms with van der Waals surface area (Å²) in [6.45, 7) is 5.24. The fraction of sp³-hybridized carbons (Fsp3) is 0.600. The van der Waals surface area contributed by atoms with Crippen LogP contribution in [0.15, 0.2) is 18.3 Å². The Morgan fingerprint density at radius 3 is 2.95 bits per heavy atom. The number of carbonyl (C=O) groups excluding carboxylic acids is 1. The first-order chi connectivity index (χ1) is 9.70. The summed E-state index contributed by atoms with van der Waals surface area (Å²) in [6.07, 6.45) is 3.73. The maximum absolute atomic E-state index is 12.4. The van der Waals surface area contributed by atoms with Crippen LogP contribution in [0, 0.1) is 5.92 Å². The van der Waals surface area contributed by atoms with E-state index in [-0.39, 0.29) is 5.91 Å². The standard InChI is InChI=1S/C15H23N3O2/c1-3-16-13-4-7-17-14(10-13)15(19)18(2)11-12-5-8-20-9-6-12/h4,7,10,12H,3,5-6,8-9,11H2,1-2H3,(H,16,17). The summed E-state index contributed by atoms with van der Waals surface area (Å²) in [4.78, 5) is 18.3.